The standard InChI is InChI=1S/C15H11N3O3S2/c1-21-11-5-6-13-14(8-11)22-15(17-13)18-23(19,20)12-4-2-3-10(7-12)9-16/h2-8H,1H3,(H,17,18). The van der Waals surface area contributed by atoms with Gasteiger partial charge in [0.2, 0.25) is 0 Å². The first-order valence-electron chi connectivity index (χ1n) is 6.49. The molecule has 0 saturated heterocycles. The first kappa shape index (κ1) is 15.3. The van der Waals surface area contributed by atoms with Crippen LogP contribution in [0.2, 0.25) is 0 Å². The van der Waals surface area contributed by atoms with Crippen molar-refractivity contribution >= 4 is 36.7 Å². The van der Waals surface area contributed by atoms with Crippen molar-refractivity contribution in [1.82, 2.24) is 4.98 Å². The molecule has 1 N–H and O–H groups in total. The van der Waals surface area contributed by atoms with Crippen molar-refractivity contribution in [2.75, 3.05) is 11.8 Å². The first-order chi connectivity index (χ1) is 11.0. The van der Waals surface area contributed by atoms with Crippen LogP contribution in [0.3, 0.4) is 0 Å². The van der Waals surface area contributed by atoms with E-state index in [-0.39, 0.29) is 15.6 Å². The number of benzene rings is 2. The maximum absolute atomic E-state index is 12.4. The third-order valence-electron chi connectivity index (χ3n) is 3.09. The monoisotopic (exact) mass is 345 g/mol. The summed E-state index contributed by atoms with van der Waals surface area (Å²) in [6.07, 6.45) is 0. The number of nitrogens with zero attached hydrogens (tertiary/aromatic N) is 2. The fraction of sp³-hybridized carbons (Fsp3) is 0.0667. The maximum Gasteiger partial charge on any atom is 0.263 e. The fourth-order valence-electron chi connectivity index (χ4n) is 1.98. The number of methoxy groups -OCH3 is 1. The zero-order chi connectivity index (χ0) is 16.4. The van der Waals surface area contributed by atoms with E-state index in [2.05, 4.69) is 9.71 Å². The number of aromatic nitrogens is 1. The lowest BCUT2D eigenvalue weighted by Gasteiger charge is -2.04. The fourth-order valence-corrected chi connectivity index (χ4v) is 4.16. The molecule has 0 fully saturated rings. The maximum atomic E-state index is 12.4. The molecule has 0 aliphatic rings. The highest BCUT2D eigenvalue weighted by Gasteiger charge is 2.17. The topological polar surface area (TPSA) is 92.1 Å². The Morgan fingerprint density at radius 1 is 1.26 bits per heavy atom. The Morgan fingerprint density at radius 3 is 2.83 bits per heavy atom. The Morgan fingerprint density at radius 2 is 2.09 bits per heavy atom. The Bertz CT molecular complexity index is 1020. The average Bonchev–Trinajstić information content (AvgIpc) is 2.95. The summed E-state index contributed by atoms with van der Waals surface area (Å²) >= 11 is 1.21. The number of anilines is 1. The number of rotatable bonds is 4. The lowest BCUT2D eigenvalue weighted by Crippen LogP contribution is -2.12. The number of nitriles is 1. The van der Waals surface area contributed by atoms with Gasteiger partial charge in [-0.2, -0.15) is 5.26 Å². The van der Waals surface area contributed by atoms with Crippen LogP contribution in [-0.4, -0.2) is 20.5 Å². The summed E-state index contributed by atoms with van der Waals surface area (Å²) in [5.41, 5.74) is 0.959. The van der Waals surface area contributed by atoms with Crippen LogP contribution in [-0.2, 0) is 10.0 Å². The predicted octanol–water partition coefficient (Wildman–Crippen LogP) is 2.98. The van der Waals surface area contributed by atoms with Crippen LogP contribution in [0.1, 0.15) is 5.56 Å². The lowest BCUT2D eigenvalue weighted by molar-refractivity contribution is 0.415. The second-order valence-corrected chi connectivity index (χ2v) is 7.31. The van der Waals surface area contributed by atoms with Crippen molar-refractivity contribution in [1.29, 1.82) is 5.26 Å². The number of hydrogen-bond acceptors (Lipinski definition) is 6. The van der Waals surface area contributed by atoms with Crippen molar-refractivity contribution < 1.29 is 13.2 Å². The molecule has 0 saturated carbocycles. The number of thiazole rings is 1. The molecule has 1 heterocycles. The van der Waals surface area contributed by atoms with Crippen LogP contribution in [0.25, 0.3) is 10.2 Å². The molecule has 1 aromatic heterocycles. The summed E-state index contributed by atoms with van der Waals surface area (Å²) in [6.45, 7) is 0. The molecular formula is C15H11N3O3S2. The molecule has 2 aromatic carbocycles. The molecule has 0 amide bonds. The van der Waals surface area contributed by atoms with Gasteiger partial charge in [-0.25, -0.2) is 13.4 Å². The summed E-state index contributed by atoms with van der Waals surface area (Å²) < 4.78 is 33.2. The van der Waals surface area contributed by atoms with Crippen molar-refractivity contribution in [2.45, 2.75) is 4.90 Å². The molecule has 0 bridgehead atoms. The highest BCUT2D eigenvalue weighted by molar-refractivity contribution is 7.93. The van der Waals surface area contributed by atoms with Crippen LogP contribution in [0.15, 0.2) is 47.4 Å². The van der Waals surface area contributed by atoms with Crippen molar-refractivity contribution in [3.05, 3.63) is 48.0 Å². The molecule has 0 spiro atoms. The van der Waals surface area contributed by atoms with E-state index in [4.69, 9.17) is 10.00 Å². The molecule has 3 aromatic rings. The lowest BCUT2D eigenvalue weighted by atomic mass is 10.2. The van der Waals surface area contributed by atoms with E-state index in [0.29, 0.717) is 11.3 Å². The van der Waals surface area contributed by atoms with Gasteiger partial charge in [0.05, 0.1) is 33.9 Å². The van der Waals surface area contributed by atoms with Gasteiger partial charge in [-0.15, -0.1) is 0 Å². The van der Waals surface area contributed by atoms with Gasteiger partial charge in [-0.05, 0) is 36.4 Å². The number of ether oxygens (including phenoxy) is 1. The van der Waals surface area contributed by atoms with Gasteiger partial charge in [-0.3, -0.25) is 4.72 Å². The molecule has 3 rings (SSSR count). The zero-order valence-corrected chi connectivity index (χ0v) is 13.6. The average molecular weight is 345 g/mol. The Kier molecular flexibility index (Phi) is 3.90. The van der Waals surface area contributed by atoms with Crippen LogP contribution in [0.4, 0.5) is 5.13 Å². The Hall–Kier alpha value is -2.63. The minimum Gasteiger partial charge on any atom is -0.497 e. The third kappa shape index (κ3) is 3.11. The van der Waals surface area contributed by atoms with Gasteiger partial charge in [0.1, 0.15) is 5.75 Å². The van der Waals surface area contributed by atoms with Gasteiger partial charge >= 0.3 is 0 Å². The molecule has 8 heteroatoms. The summed E-state index contributed by atoms with van der Waals surface area (Å²) in [6, 6.07) is 13.1. The van der Waals surface area contributed by atoms with Crippen LogP contribution in [0.5, 0.6) is 5.75 Å². The smallest absolute Gasteiger partial charge is 0.263 e. The van der Waals surface area contributed by atoms with Gasteiger partial charge in [0.15, 0.2) is 5.13 Å². The quantitative estimate of drug-likeness (QED) is 0.785. The Balaban J connectivity index is 1.95. The molecule has 23 heavy (non-hydrogen) atoms. The zero-order valence-electron chi connectivity index (χ0n) is 12.0. The first-order valence-corrected chi connectivity index (χ1v) is 8.79. The van der Waals surface area contributed by atoms with Gasteiger partial charge in [-0.1, -0.05) is 17.4 Å². The summed E-state index contributed by atoms with van der Waals surface area (Å²) in [5, 5.41) is 9.13. The Labute approximate surface area is 137 Å². The van der Waals surface area contributed by atoms with Crippen molar-refractivity contribution in [2.24, 2.45) is 0 Å². The van der Waals surface area contributed by atoms with E-state index in [1.54, 1.807) is 31.4 Å². The highest BCUT2D eigenvalue weighted by atomic mass is 32.2. The molecule has 0 unspecified atom stereocenters. The summed E-state index contributed by atoms with van der Waals surface area (Å²) in [5.74, 6) is 0.678. The van der Waals surface area contributed by atoms with E-state index in [1.165, 1.54) is 29.5 Å². The van der Waals surface area contributed by atoms with Gasteiger partial charge in [0.25, 0.3) is 10.0 Å². The largest absolute Gasteiger partial charge is 0.497 e. The SMILES string of the molecule is COc1ccc2nc(NS(=O)(=O)c3cccc(C#N)c3)sc2c1. The van der Waals surface area contributed by atoms with Gasteiger partial charge < -0.3 is 4.74 Å². The summed E-state index contributed by atoms with van der Waals surface area (Å²) in [7, 11) is -2.23. The molecule has 0 atom stereocenters. The normalized spacial score (nSPS) is 11.1. The minimum absolute atomic E-state index is 0.0217. The minimum atomic E-state index is -3.79. The van der Waals surface area contributed by atoms with E-state index >= 15 is 0 Å². The molecule has 0 aliphatic carbocycles. The molecule has 0 radical (unpaired) electrons. The molecular weight excluding hydrogens is 334 g/mol. The highest BCUT2D eigenvalue weighted by Crippen LogP contribution is 2.30. The van der Waals surface area contributed by atoms with Crippen molar-refractivity contribution in [3.63, 3.8) is 0 Å². The second-order valence-electron chi connectivity index (χ2n) is 4.60. The molecule has 6 nitrogen and oxygen atoms in total. The second kappa shape index (κ2) is 5.87. The number of nitrogens with one attached hydrogen (secondary N) is 1. The van der Waals surface area contributed by atoms with Crippen LogP contribution >= 0.6 is 11.3 Å². The number of sulfonamides is 1. The number of fused-ring (bicyclic) bond motifs is 1. The summed E-state index contributed by atoms with van der Waals surface area (Å²) in [4.78, 5) is 4.27. The van der Waals surface area contributed by atoms with Crippen molar-refractivity contribution in [3.8, 4) is 11.8 Å². The van der Waals surface area contributed by atoms with E-state index < -0.39 is 10.0 Å². The molecule has 116 valence electrons. The van der Waals surface area contributed by atoms with E-state index in [1.807, 2.05) is 6.07 Å². The van der Waals surface area contributed by atoms with Crippen LogP contribution in [0, 0.1) is 11.3 Å². The van der Waals surface area contributed by atoms with Crippen LogP contribution < -0.4 is 9.46 Å². The van der Waals surface area contributed by atoms with Gasteiger partial charge in [0, 0.05) is 0 Å². The number of hydrogen-bond donors (Lipinski definition) is 1. The predicted molar refractivity (Wildman–Crippen MR) is 88.1 cm³/mol. The molecule has 0 aliphatic heterocycles. The third-order valence-corrected chi connectivity index (χ3v) is 5.49. The van der Waals surface area contributed by atoms with E-state index in [9.17, 15) is 8.42 Å². The van der Waals surface area contributed by atoms with E-state index in [0.717, 1.165) is 4.70 Å².